The van der Waals surface area contributed by atoms with E-state index < -0.39 is 10.0 Å². The highest BCUT2D eigenvalue weighted by Crippen LogP contribution is 2.40. The van der Waals surface area contributed by atoms with E-state index in [1.54, 1.807) is 24.3 Å². The zero-order valence-corrected chi connectivity index (χ0v) is 11.9. The first-order valence-corrected chi connectivity index (χ1v) is 8.22. The summed E-state index contributed by atoms with van der Waals surface area (Å²) in [5, 5.41) is 9.90. The van der Waals surface area contributed by atoms with E-state index in [-0.39, 0.29) is 22.8 Å². The number of nitrogens with one attached hydrogen (secondary N) is 1. The summed E-state index contributed by atoms with van der Waals surface area (Å²) in [4.78, 5) is 0.192. The molecule has 7 heteroatoms. The molecule has 0 amide bonds. The van der Waals surface area contributed by atoms with Crippen LogP contribution >= 0.6 is 0 Å². The SMILES string of the molecule is NNc1ccccc1S(=O)(=O)N1CC2CCC(O)C2C1. The lowest BCUT2D eigenvalue weighted by Crippen LogP contribution is -2.32. The Bertz CT molecular complexity index is 605. The van der Waals surface area contributed by atoms with E-state index in [2.05, 4.69) is 5.43 Å². The minimum absolute atomic E-state index is 0.0720. The molecule has 110 valence electrons. The van der Waals surface area contributed by atoms with Crippen molar-refractivity contribution in [2.75, 3.05) is 18.5 Å². The topological polar surface area (TPSA) is 95.7 Å². The first-order valence-electron chi connectivity index (χ1n) is 6.78. The molecule has 1 aliphatic heterocycles. The van der Waals surface area contributed by atoms with Crippen molar-refractivity contribution in [3.05, 3.63) is 24.3 Å². The predicted molar refractivity (Wildman–Crippen MR) is 75.2 cm³/mol. The maximum absolute atomic E-state index is 12.7. The first-order chi connectivity index (χ1) is 9.54. The van der Waals surface area contributed by atoms with Crippen LogP contribution in [-0.4, -0.2) is 37.0 Å². The van der Waals surface area contributed by atoms with Gasteiger partial charge in [0.05, 0.1) is 11.8 Å². The number of sulfonamides is 1. The number of nitrogens with two attached hydrogens (primary N) is 1. The minimum Gasteiger partial charge on any atom is -0.393 e. The number of hydrogen-bond acceptors (Lipinski definition) is 5. The number of hydrazine groups is 1. The van der Waals surface area contributed by atoms with Crippen molar-refractivity contribution in [3.63, 3.8) is 0 Å². The summed E-state index contributed by atoms with van der Waals surface area (Å²) < 4.78 is 26.9. The molecule has 1 aromatic carbocycles. The lowest BCUT2D eigenvalue weighted by molar-refractivity contribution is 0.129. The molecule has 1 saturated carbocycles. The van der Waals surface area contributed by atoms with Crippen LogP contribution in [0, 0.1) is 11.8 Å². The molecule has 6 nitrogen and oxygen atoms in total. The summed E-state index contributed by atoms with van der Waals surface area (Å²) in [5.41, 5.74) is 2.82. The zero-order valence-electron chi connectivity index (χ0n) is 11.1. The smallest absolute Gasteiger partial charge is 0.245 e. The fourth-order valence-corrected chi connectivity index (χ4v) is 5.03. The average molecular weight is 297 g/mol. The summed E-state index contributed by atoms with van der Waals surface area (Å²) in [6.45, 7) is 0.885. The fraction of sp³-hybridized carbons (Fsp3) is 0.538. The molecule has 2 aliphatic rings. The van der Waals surface area contributed by atoms with E-state index in [1.807, 2.05) is 0 Å². The molecule has 1 aliphatic carbocycles. The Morgan fingerprint density at radius 2 is 2.00 bits per heavy atom. The number of hydrogen-bond donors (Lipinski definition) is 3. The molecular weight excluding hydrogens is 278 g/mol. The molecule has 0 bridgehead atoms. The number of rotatable bonds is 3. The van der Waals surface area contributed by atoms with Crippen LogP contribution in [0.3, 0.4) is 0 Å². The largest absolute Gasteiger partial charge is 0.393 e. The molecule has 0 radical (unpaired) electrons. The van der Waals surface area contributed by atoms with Crippen molar-refractivity contribution in [2.24, 2.45) is 17.7 Å². The lowest BCUT2D eigenvalue weighted by atomic mass is 10.00. The van der Waals surface area contributed by atoms with Crippen LogP contribution in [0.2, 0.25) is 0 Å². The van der Waals surface area contributed by atoms with Crippen molar-refractivity contribution >= 4 is 15.7 Å². The lowest BCUT2D eigenvalue weighted by Gasteiger charge is -2.20. The third kappa shape index (κ3) is 2.10. The number of aliphatic hydroxyl groups is 1. The molecule has 3 rings (SSSR count). The molecule has 0 spiro atoms. The van der Waals surface area contributed by atoms with Crippen LogP contribution in [0.25, 0.3) is 0 Å². The molecule has 1 saturated heterocycles. The van der Waals surface area contributed by atoms with Gasteiger partial charge in [-0.05, 0) is 30.9 Å². The highest BCUT2D eigenvalue weighted by atomic mass is 32.2. The molecule has 0 aromatic heterocycles. The zero-order chi connectivity index (χ0) is 14.3. The Labute approximate surface area is 118 Å². The van der Waals surface area contributed by atoms with E-state index >= 15 is 0 Å². The van der Waals surface area contributed by atoms with Gasteiger partial charge in [-0.15, -0.1) is 0 Å². The summed E-state index contributed by atoms with van der Waals surface area (Å²) in [5.74, 6) is 5.73. The summed E-state index contributed by atoms with van der Waals surface area (Å²) in [7, 11) is -3.57. The van der Waals surface area contributed by atoms with Crippen LogP contribution in [0.4, 0.5) is 5.69 Å². The predicted octanol–water partition coefficient (Wildman–Crippen LogP) is 0.364. The quantitative estimate of drug-likeness (QED) is 0.553. The maximum Gasteiger partial charge on any atom is 0.245 e. The van der Waals surface area contributed by atoms with Gasteiger partial charge in [0.1, 0.15) is 4.90 Å². The Kier molecular flexibility index (Phi) is 3.45. The van der Waals surface area contributed by atoms with Gasteiger partial charge in [-0.1, -0.05) is 12.1 Å². The summed E-state index contributed by atoms with van der Waals surface area (Å²) in [6, 6.07) is 6.60. The number of anilines is 1. The number of aliphatic hydroxyl groups excluding tert-OH is 1. The van der Waals surface area contributed by atoms with Gasteiger partial charge in [0.2, 0.25) is 10.0 Å². The van der Waals surface area contributed by atoms with Gasteiger partial charge in [-0.3, -0.25) is 5.84 Å². The second-order valence-corrected chi connectivity index (χ2v) is 7.44. The molecule has 3 unspecified atom stereocenters. The number of nitrogen functional groups attached to an aromatic ring is 1. The Hall–Kier alpha value is -1.15. The van der Waals surface area contributed by atoms with E-state index in [1.165, 1.54) is 4.31 Å². The number of fused-ring (bicyclic) bond motifs is 1. The Balaban J connectivity index is 1.90. The average Bonchev–Trinajstić information content (AvgIpc) is 3.02. The van der Waals surface area contributed by atoms with Crippen molar-refractivity contribution in [1.29, 1.82) is 0 Å². The van der Waals surface area contributed by atoms with Crippen LogP contribution in [0.15, 0.2) is 29.2 Å². The normalized spacial score (nSPS) is 30.4. The molecule has 2 fully saturated rings. The Morgan fingerprint density at radius 1 is 1.25 bits per heavy atom. The van der Waals surface area contributed by atoms with Gasteiger partial charge in [0.15, 0.2) is 0 Å². The van der Waals surface area contributed by atoms with Gasteiger partial charge >= 0.3 is 0 Å². The van der Waals surface area contributed by atoms with Gasteiger partial charge in [-0.25, -0.2) is 8.42 Å². The molecule has 4 N–H and O–H groups in total. The molecule has 20 heavy (non-hydrogen) atoms. The highest BCUT2D eigenvalue weighted by molar-refractivity contribution is 7.89. The standard InChI is InChI=1S/C13H19N3O3S/c14-15-11-3-1-2-4-13(11)20(18,19)16-7-9-5-6-12(17)10(9)8-16/h1-4,9-10,12,15,17H,5-8,14H2. The maximum atomic E-state index is 12.7. The van der Waals surface area contributed by atoms with E-state index in [9.17, 15) is 13.5 Å². The summed E-state index contributed by atoms with van der Waals surface area (Å²) >= 11 is 0. The van der Waals surface area contributed by atoms with Crippen molar-refractivity contribution in [2.45, 2.75) is 23.8 Å². The molecule has 1 aromatic rings. The van der Waals surface area contributed by atoms with E-state index in [0.717, 1.165) is 12.8 Å². The van der Waals surface area contributed by atoms with Gasteiger partial charge in [0, 0.05) is 19.0 Å². The molecule has 3 atom stereocenters. The van der Waals surface area contributed by atoms with E-state index in [4.69, 9.17) is 5.84 Å². The van der Waals surface area contributed by atoms with Gasteiger partial charge < -0.3 is 10.5 Å². The third-order valence-corrected chi connectivity index (χ3v) is 6.34. The molecular formula is C13H19N3O3S. The summed E-state index contributed by atoms with van der Waals surface area (Å²) in [6.07, 6.45) is 1.31. The van der Waals surface area contributed by atoms with Crippen molar-refractivity contribution < 1.29 is 13.5 Å². The van der Waals surface area contributed by atoms with Crippen molar-refractivity contribution in [3.8, 4) is 0 Å². The third-order valence-electron chi connectivity index (χ3n) is 4.45. The van der Waals surface area contributed by atoms with Crippen LogP contribution < -0.4 is 11.3 Å². The second-order valence-electron chi connectivity index (χ2n) is 5.53. The van der Waals surface area contributed by atoms with Gasteiger partial charge in [-0.2, -0.15) is 4.31 Å². The van der Waals surface area contributed by atoms with Gasteiger partial charge in [0.25, 0.3) is 0 Å². The highest BCUT2D eigenvalue weighted by Gasteiger charge is 2.46. The number of para-hydroxylation sites is 1. The fourth-order valence-electron chi connectivity index (χ4n) is 3.34. The first kappa shape index (κ1) is 13.8. The number of nitrogens with zero attached hydrogens (tertiary/aromatic N) is 1. The van der Waals surface area contributed by atoms with E-state index in [0.29, 0.717) is 18.8 Å². The minimum atomic E-state index is -3.57. The second kappa shape index (κ2) is 5.00. The number of benzene rings is 1. The van der Waals surface area contributed by atoms with Crippen molar-refractivity contribution in [1.82, 2.24) is 4.31 Å². The Morgan fingerprint density at radius 3 is 2.70 bits per heavy atom. The van der Waals surface area contributed by atoms with Crippen LogP contribution in [0.1, 0.15) is 12.8 Å². The van der Waals surface area contributed by atoms with Crippen LogP contribution in [0.5, 0.6) is 0 Å². The van der Waals surface area contributed by atoms with Crippen LogP contribution in [-0.2, 0) is 10.0 Å². The molecule has 1 heterocycles. The monoisotopic (exact) mass is 297 g/mol.